The standard InChI is InChI=1S/C16H13NO3S/c1-19-15-8-7-14(9-12(15)10-17)21-13-5-3-11(4-6-13)16(18)20-2/h3-9H,1-2H3. The van der Waals surface area contributed by atoms with Gasteiger partial charge < -0.3 is 9.47 Å². The number of esters is 1. The van der Waals surface area contributed by atoms with Crippen LogP contribution in [-0.2, 0) is 4.74 Å². The van der Waals surface area contributed by atoms with Gasteiger partial charge in [0.25, 0.3) is 0 Å². The Morgan fingerprint density at radius 3 is 2.33 bits per heavy atom. The number of nitrogens with zero attached hydrogens (tertiary/aromatic N) is 1. The number of rotatable bonds is 4. The Bertz CT molecular complexity index is 690. The van der Waals surface area contributed by atoms with Gasteiger partial charge in [-0.3, -0.25) is 0 Å². The molecule has 0 atom stereocenters. The Morgan fingerprint density at radius 2 is 1.76 bits per heavy atom. The molecular weight excluding hydrogens is 286 g/mol. The Kier molecular flexibility index (Phi) is 4.85. The summed E-state index contributed by atoms with van der Waals surface area (Å²) >= 11 is 1.51. The molecule has 0 unspecified atom stereocenters. The number of carbonyl (C=O) groups excluding carboxylic acids is 1. The average molecular weight is 299 g/mol. The van der Waals surface area contributed by atoms with Gasteiger partial charge >= 0.3 is 5.97 Å². The van der Waals surface area contributed by atoms with Crippen molar-refractivity contribution in [1.82, 2.24) is 0 Å². The van der Waals surface area contributed by atoms with Gasteiger partial charge in [0, 0.05) is 9.79 Å². The van der Waals surface area contributed by atoms with Crippen LogP contribution in [0.5, 0.6) is 5.75 Å². The van der Waals surface area contributed by atoms with Crippen LogP contribution in [-0.4, -0.2) is 20.2 Å². The van der Waals surface area contributed by atoms with Gasteiger partial charge in [-0.1, -0.05) is 11.8 Å². The maximum atomic E-state index is 11.4. The molecule has 0 bridgehead atoms. The minimum Gasteiger partial charge on any atom is -0.495 e. The Morgan fingerprint density at radius 1 is 1.10 bits per heavy atom. The lowest BCUT2D eigenvalue weighted by atomic mass is 10.2. The van der Waals surface area contributed by atoms with Crippen molar-refractivity contribution in [2.24, 2.45) is 0 Å². The van der Waals surface area contributed by atoms with E-state index in [9.17, 15) is 4.79 Å². The van der Waals surface area contributed by atoms with Crippen LogP contribution in [0.2, 0.25) is 0 Å². The molecule has 0 amide bonds. The molecule has 2 aromatic rings. The second-order valence-corrected chi connectivity index (χ2v) is 5.24. The third-order valence-electron chi connectivity index (χ3n) is 2.80. The van der Waals surface area contributed by atoms with Crippen molar-refractivity contribution in [2.45, 2.75) is 9.79 Å². The zero-order chi connectivity index (χ0) is 15.2. The lowest BCUT2D eigenvalue weighted by Crippen LogP contribution is -2.00. The molecule has 0 heterocycles. The molecule has 0 aliphatic carbocycles. The maximum absolute atomic E-state index is 11.4. The molecule has 21 heavy (non-hydrogen) atoms. The van der Waals surface area contributed by atoms with E-state index in [1.807, 2.05) is 18.2 Å². The number of benzene rings is 2. The normalized spacial score (nSPS) is 9.76. The lowest BCUT2D eigenvalue weighted by molar-refractivity contribution is 0.0600. The second kappa shape index (κ2) is 6.82. The summed E-state index contributed by atoms with van der Waals surface area (Å²) < 4.78 is 9.77. The van der Waals surface area contributed by atoms with Crippen molar-refractivity contribution in [1.29, 1.82) is 5.26 Å². The van der Waals surface area contributed by atoms with Gasteiger partial charge in [0.05, 0.1) is 25.3 Å². The minimum atomic E-state index is -0.359. The highest BCUT2D eigenvalue weighted by Crippen LogP contribution is 2.31. The predicted octanol–water partition coefficient (Wildman–Crippen LogP) is 3.50. The first kappa shape index (κ1) is 14.9. The highest BCUT2D eigenvalue weighted by molar-refractivity contribution is 7.99. The number of hydrogen-bond donors (Lipinski definition) is 0. The first-order valence-electron chi connectivity index (χ1n) is 6.12. The highest BCUT2D eigenvalue weighted by Gasteiger charge is 2.07. The monoisotopic (exact) mass is 299 g/mol. The predicted molar refractivity (Wildman–Crippen MR) is 79.6 cm³/mol. The lowest BCUT2D eigenvalue weighted by Gasteiger charge is -2.06. The van der Waals surface area contributed by atoms with Crippen LogP contribution in [0.15, 0.2) is 52.3 Å². The van der Waals surface area contributed by atoms with Crippen LogP contribution < -0.4 is 4.74 Å². The summed E-state index contributed by atoms with van der Waals surface area (Å²) in [5, 5.41) is 9.07. The number of methoxy groups -OCH3 is 2. The third kappa shape index (κ3) is 3.56. The van der Waals surface area contributed by atoms with E-state index in [0.717, 1.165) is 9.79 Å². The van der Waals surface area contributed by atoms with E-state index in [2.05, 4.69) is 10.8 Å². The van der Waals surface area contributed by atoms with Crippen molar-refractivity contribution < 1.29 is 14.3 Å². The topological polar surface area (TPSA) is 59.3 Å². The van der Waals surface area contributed by atoms with Crippen LogP contribution in [0.3, 0.4) is 0 Å². The van der Waals surface area contributed by atoms with E-state index in [1.165, 1.54) is 26.0 Å². The molecule has 5 heteroatoms. The molecular formula is C16H13NO3S. The van der Waals surface area contributed by atoms with E-state index in [0.29, 0.717) is 16.9 Å². The smallest absolute Gasteiger partial charge is 0.337 e. The molecule has 0 aliphatic heterocycles. The van der Waals surface area contributed by atoms with E-state index in [-0.39, 0.29) is 5.97 Å². The quantitative estimate of drug-likeness (QED) is 0.809. The van der Waals surface area contributed by atoms with Crippen molar-refractivity contribution >= 4 is 17.7 Å². The molecule has 0 saturated carbocycles. The molecule has 0 aliphatic rings. The fourth-order valence-electron chi connectivity index (χ4n) is 1.75. The molecule has 0 saturated heterocycles. The number of carbonyl (C=O) groups is 1. The molecule has 0 N–H and O–H groups in total. The molecule has 0 spiro atoms. The zero-order valence-electron chi connectivity index (χ0n) is 11.6. The van der Waals surface area contributed by atoms with Crippen LogP contribution in [0.25, 0.3) is 0 Å². The van der Waals surface area contributed by atoms with Gasteiger partial charge in [-0.2, -0.15) is 5.26 Å². The number of hydrogen-bond acceptors (Lipinski definition) is 5. The summed E-state index contributed by atoms with van der Waals surface area (Å²) in [6.45, 7) is 0. The summed E-state index contributed by atoms with van der Waals surface area (Å²) in [5.41, 5.74) is 1.00. The van der Waals surface area contributed by atoms with Gasteiger partial charge in [-0.05, 0) is 42.5 Å². The summed E-state index contributed by atoms with van der Waals surface area (Å²) in [6.07, 6.45) is 0. The average Bonchev–Trinajstić information content (AvgIpc) is 2.54. The van der Waals surface area contributed by atoms with E-state index in [4.69, 9.17) is 10.00 Å². The van der Waals surface area contributed by atoms with Crippen LogP contribution >= 0.6 is 11.8 Å². The third-order valence-corrected chi connectivity index (χ3v) is 3.80. The second-order valence-electron chi connectivity index (χ2n) is 4.09. The Balaban J connectivity index is 2.19. The summed E-state index contributed by atoms with van der Waals surface area (Å²) in [4.78, 5) is 13.3. The zero-order valence-corrected chi connectivity index (χ0v) is 12.4. The number of nitriles is 1. The summed E-state index contributed by atoms with van der Waals surface area (Å²) in [5.74, 6) is 0.200. The first-order valence-corrected chi connectivity index (χ1v) is 6.94. The van der Waals surface area contributed by atoms with Gasteiger partial charge in [-0.25, -0.2) is 4.79 Å². The first-order chi connectivity index (χ1) is 10.2. The molecule has 2 rings (SSSR count). The van der Waals surface area contributed by atoms with E-state index < -0.39 is 0 Å². The van der Waals surface area contributed by atoms with Gasteiger partial charge in [0.2, 0.25) is 0 Å². The molecule has 106 valence electrons. The van der Waals surface area contributed by atoms with Gasteiger partial charge in [0.1, 0.15) is 11.8 Å². The fraction of sp³-hybridized carbons (Fsp3) is 0.125. The van der Waals surface area contributed by atoms with Gasteiger partial charge in [-0.15, -0.1) is 0 Å². The Labute approximate surface area is 127 Å². The van der Waals surface area contributed by atoms with E-state index in [1.54, 1.807) is 24.3 Å². The molecule has 0 radical (unpaired) electrons. The van der Waals surface area contributed by atoms with E-state index >= 15 is 0 Å². The number of ether oxygens (including phenoxy) is 2. The van der Waals surface area contributed by atoms with Crippen LogP contribution in [0.1, 0.15) is 15.9 Å². The van der Waals surface area contributed by atoms with Crippen molar-refractivity contribution in [3.05, 3.63) is 53.6 Å². The SMILES string of the molecule is COC(=O)c1ccc(Sc2ccc(OC)c(C#N)c2)cc1. The molecule has 0 fully saturated rings. The highest BCUT2D eigenvalue weighted by atomic mass is 32.2. The van der Waals surface area contributed by atoms with Crippen LogP contribution in [0, 0.1) is 11.3 Å². The van der Waals surface area contributed by atoms with Crippen LogP contribution in [0.4, 0.5) is 0 Å². The largest absolute Gasteiger partial charge is 0.495 e. The molecule has 2 aromatic carbocycles. The van der Waals surface area contributed by atoms with Crippen molar-refractivity contribution in [3.63, 3.8) is 0 Å². The summed E-state index contributed by atoms with van der Waals surface area (Å²) in [7, 11) is 2.89. The molecule has 4 nitrogen and oxygen atoms in total. The van der Waals surface area contributed by atoms with Crippen molar-refractivity contribution in [2.75, 3.05) is 14.2 Å². The summed E-state index contributed by atoms with van der Waals surface area (Å²) in [6, 6.07) is 14.6. The maximum Gasteiger partial charge on any atom is 0.337 e. The van der Waals surface area contributed by atoms with Crippen molar-refractivity contribution in [3.8, 4) is 11.8 Å². The van der Waals surface area contributed by atoms with Gasteiger partial charge in [0.15, 0.2) is 0 Å². The molecule has 0 aromatic heterocycles. The Hall–Kier alpha value is -2.45. The fourth-order valence-corrected chi connectivity index (χ4v) is 2.61. The minimum absolute atomic E-state index is 0.359.